The molecule has 2 heterocycles. The monoisotopic (exact) mass is 282 g/mol. The Labute approximate surface area is 120 Å². The van der Waals surface area contributed by atoms with Crippen LogP contribution in [0.4, 0.5) is 0 Å². The summed E-state index contributed by atoms with van der Waals surface area (Å²) in [6.07, 6.45) is 5.80. The van der Waals surface area contributed by atoms with Gasteiger partial charge in [-0.2, -0.15) is 0 Å². The van der Waals surface area contributed by atoms with E-state index < -0.39 is 0 Å². The van der Waals surface area contributed by atoms with Gasteiger partial charge >= 0.3 is 0 Å². The van der Waals surface area contributed by atoms with E-state index in [0.717, 1.165) is 42.3 Å². The molecule has 4 heteroatoms. The van der Waals surface area contributed by atoms with Crippen LogP contribution in [0.3, 0.4) is 0 Å². The summed E-state index contributed by atoms with van der Waals surface area (Å²) in [4.78, 5) is 8.33. The lowest BCUT2D eigenvalue weighted by Crippen LogP contribution is -2.34. The molecule has 1 fully saturated rings. The van der Waals surface area contributed by atoms with Crippen LogP contribution in [0.25, 0.3) is 0 Å². The average molecular weight is 282 g/mol. The molecule has 0 spiro atoms. The van der Waals surface area contributed by atoms with E-state index in [9.17, 15) is 5.11 Å². The molecule has 1 aliphatic rings. The number of aromatic nitrogens is 1. The minimum Gasteiger partial charge on any atom is -0.391 e. The first-order chi connectivity index (χ1) is 9.22. The molecule has 1 aliphatic heterocycles. The van der Waals surface area contributed by atoms with Crippen LogP contribution in [0, 0.1) is 5.92 Å². The Morgan fingerprint density at radius 2 is 2.05 bits per heavy atom. The predicted molar refractivity (Wildman–Crippen MR) is 80.6 cm³/mol. The molecule has 3 nitrogen and oxygen atoms in total. The molecule has 0 radical (unpaired) electrons. The van der Waals surface area contributed by atoms with Crippen molar-refractivity contribution in [2.24, 2.45) is 5.92 Å². The van der Waals surface area contributed by atoms with Gasteiger partial charge in [-0.05, 0) is 38.3 Å². The van der Waals surface area contributed by atoms with Gasteiger partial charge in [-0.1, -0.05) is 20.3 Å². The normalized spacial score (nSPS) is 18.1. The summed E-state index contributed by atoms with van der Waals surface area (Å²) in [7, 11) is 0. The summed E-state index contributed by atoms with van der Waals surface area (Å²) < 4.78 is 0. The number of thiazole rings is 1. The highest BCUT2D eigenvalue weighted by atomic mass is 32.1. The molecule has 1 saturated heterocycles. The van der Waals surface area contributed by atoms with Crippen molar-refractivity contribution in [3.05, 3.63) is 15.6 Å². The zero-order chi connectivity index (χ0) is 13.7. The second kappa shape index (κ2) is 7.36. The van der Waals surface area contributed by atoms with Crippen LogP contribution in [0.5, 0.6) is 0 Å². The quantitative estimate of drug-likeness (QED) is 0.871. The lowest BCUT2D eigenvalue weighted by molar-refractivity contribution is 0.194. The Kier molecular flexibility index (Phi) is 5.79. The van der Waals surface area contributed by atoms with E-state index in [-0.39, 0.29) is 6.61 Å². The molecular weight excluding hydrogens is 256 g/mol. The number of piperidine rings is 1. The smallest absolute Gasteiger partial charge is 0.0944 e. The molecule has 1 N–H and O–H groups in total. The number of likely N-dealkylation sites (tertiary alicyclic amines) is 1. The third-order valence-electron chi connectivity index (χ3n) is 3.97. The van der Waals surface area contributed by atoms with Gasteiger partial charge in [-0.25, -0.2) is 4.98 Å². The van der Waals surface area contributed by atoms with E-state index in [4.69, 9.17) is 4.98 Å². The molecule has 19 heavy (non-hydrogen) atoms. The maximum atomic E-state index is 9.36. The second-order valence-corrected chi connectivity index (χ2v) is 6.83. The summed E-state index contributed by atoms with van der Waals surface area (Å²) in [6, 6.07) is 0. The maximum absolute atomic E-state index is 9.36. The fraction of sp³-hybridized carbons (Fsp3) is 0.800. The molecule has 0 saturated carbocycles. The van der Waals surface area contributed by atoms with Crippen LogP contribution in [-0.4, -0.2) is 34.6 Å². The van der Waals surface area contributed by atoms with Crippen molar-refractivity contribution in [3.63, 3.8) is 0 Å². The van der Waals surface area contributed by atoms with Crippen LogP contribution in [-0.2, 0) is 19.4 Å². The topological polar surface area (TPSA) is 36.4 Å². The summed E-state index contributed by atoms with van der Waals surface area (Å²) in [5, 5.41) is 10.6. The van der Waals surface area contributed by atoms with Gasteiger partial charge in [0.25, 0.3) is 0 Å². The van der Waals surface area contributed by atoms with Crippen molar-refractivity contribution >= 4 is 11.3 Å². The molecular formula is C15H26N2OS. The predicted octanol–water partition coefficient (Wildman–Crippen LogP) is 2.86. The second-order valence-electron chi connectivity index (χ2n) is 5.66. The Morgan fingerprint density at radius 1 is 1.32 bits per heavy atom. The minimum atomic E-state index is 0.147. The first-order valence-corrected chi connectivity index (χ1v) is 8.35. The minimum absolute atomic E-state index is 0.147. The standard InChI is InChI=1S/C15H26N2OS/c1-3-4-13-14(11-18)19-15(16-13)7-10-17-8-5-12(2)6-9-17/h12,18H,3-11H2,1-2H3. The number of nitrogens with zero attached hydrogens (tertiary/aromatic N) is 2. The number of hydrogen-bond acceptors (Lipinski definition) is 4. The van der Waals surface area contributed by atoms with Gasteiger partial charge < -0.3 is 10.0 Å². The molecule has 0 aliphatic carbocycles. The summed E-state index contributed by atoms with van der Waals surface area (Å²) in [5.74, 6) is 0.897. The van der Waals surface area contributed by atoms with Gasteiger partial charge in [0.1, 0.15) is 0 Å². The number of aliphatic hydroxyl groups excluding tert-OH is 1. The SMILES string of the molecule is CCCc1nc(CCN2CCC(C)CC2)sc1CO. The zero-order valence-electron chi connectivity index (χ0n) is 12.2. The fourth-order valence-electron chi connectivity index (χ4n) is 2.64. The highest BCUT2D eigenvalue weighted by Gasteiger charge is 2.16. The molecule has 108 valence electrons. The van der Waals surface area contributed by atoms with Crippen LogP contribution >= 0.6 is 11.3 Å². The highest BCUT2D eigenvalue weighted by Crippen LogP contribution is 2.22. The zero-order valence-corrected chi connectivity index (χ0v) is 13.0. The Morgan fingerprint density at radius 3 is 2.68 bits per heavy atom. The van der Waals surface area contributed by atoms with Crippen molar-refractivity contribution < 1.29 is 5.11 Å². The van der Waals surface area contributed by atoms with E-state index in [2.05, 4.69) is 18.7 Å². The van der Waals surface area contributed by atoms with Gasteiger partial charge in [0.05, 0.1) is 22.2 Å². The van der Waals surface area contributed by atoms with Crippen molar-refractivity contribution in [2.45, 2.75) is 52.6 Å². The summed E-state index contributed by atoms with van der Waals surface area (Å²) >= 11 is 1.70. The first kappa shape index (κ1) is 14.9. The Hall–Kier alpha value is -0.450. The van der Waals surface area contributed by atoms with Crippen LogP contribution in [0.1, 0.15) is 48.7 Å². The molecule has 0 amide bonds. The molecule has 0 aromatic carbocycles. The molecule has 0 atom stereocenters. The van der Waals surface area contributed by atoms with Gasteiger partial charge in [-0.3, -0.25) is 0 Å². The number of aliphatic hydroxyl groups is 1. The molecule has 0 bridgehead atoms. The Balaban J connectivity index is 1.85. The lowest BCUT2D eigenvalue weighted by Gasteiger charge is -2.29. The highest BCUT2D eigenvalue weighted by molar-refractivity contribution is 7.11. The molecule has 1 aromatic rings. The van der Waals surface area contributed by atoms with Crippen LogP contribution in [0.15, 0.2) is 0 Å². The van der Waals surface area contributed by atoms with Gasteiger partial charge in [0, 0.05) is 13.0 Å². The Bertz CT molecular complexity index is 383. The maximum Gasteiger partial charge on any atom is 0.0944 e. The van der Waals surface area contributed by atoms with Crippen molar-refractivity contribution in [3.8, 4) is 0 Å². The van der Waals surface area contributed by atoms with Gasteiger partial charge in [0.2, 0.25) is 0 Å². The van der Waals surface area contributed by atoms with E-state index in [1.54, 1.807) is 11.3 Å². The van der Waals surface area contributed by atoms with Crippen molar-refractivity contribution in [1.29, 1.82) is 0 Å². The van der Waals surface area contributed by atoms with E-state index >= 15 is 0 Å². The average Bonchev–Trinajstić information content (AvgIpc) is 2.81. The van der Waals surface area contributed by atoms with Crippen molar-refractivity contribution in [1.82, 2.24) is 9.88 Å². The third-order valence-corrected chi connectivity index (χ3v) is 5.11. The number of aryl methyl sites for hydroxylation is 1. The van der Waals surface area contributed by atoms with Crippen LogP contribution < -0.4 is 0 Å². The number of hydrogen-bond donors (Lipinski definition) is 1. The largest absolute Gasteiger partial charge is 0.391 e. The van der Waals surface area contributed by atoms with E-state index in [1.165, 1.54) is 30.9 Å². The molecule has 0 unspecified atom stereocenters. The lowest BCUT2D eigenvalue weighted by atomic mass is 9.99. The third kappa shape index (κ3) is 4.26. The summed E-state index contributed by atoms with van der Waals surface area (Å²) in [5.41, 5.74) is 1.12. The van der Waals surface area contributed by atoms with Crippen molar-refractivity contribution in [2.75, 3.05) is 19.6 Å². The molecule has 1 aromatic heterocycles. The van der Waals surface area contributed by atoms with E-state index in [1.807, 2.05) is 0 Å². The summed E-state index contributed by atoms with van der Waals surface area (Å²) in [6.45, 7) is 8.26. The van der Waals surface area contributed by atoms with Gasteiger partial charge in [0.15, 0.2) is 0 Å². The van der Waals surface area contributed by atoms with Crippen LogP contribution in [0.2, 0.25) is 0 Å². The van der Waals surface area contributed by atoms with Gasteiger partial charge in [-0.15, -0.1) is 11.3 Å². The number of rotatable bonds is 6. The molecule has 2 rings (SSSR count). The van der Waals surface area contributed by atoms with E-state index in [0.29, 0.717) is 0 Å². The fourth-order valence-corrected chi connectivity index (χ4v) is 3.60. The first-order valence-electron chi connectivity index (χ1n) is 7.53.